The first-order chi connectivity index (χ1) is 8.57. The van der Waals surface area contributed by atoms with E-state index >= 15 is 0 Å². The van der Waals surface area contributed by atoms with E-state index in [9.17, 15) is 8.42 Å². The van der Waals surface area contributed by atoms with Crippen LogP contribution in [0.3, 0.4) is 0 Å². The molecule has 1 aromatic carbocycles. The third kappa shape index (κ3) is 5.62. The Kier molecular flexibility index (Phi) is 6.32. The van der Waals surface area contributed by atoms with E-state index in [2.05, 4.69) is 4.72 Å². The SMILES string of the molecule is CCC(CCO)NS(=O)(=O)CCc1ccccc1. The van der Waals surface area contributed by atoms with Crippen molar-refractivity contribution in [1.82, 2.24) is 4.72 Å². The average Bonchev–Trinajstić information content (AvgIpc) is 2.37. The first kappa shape index (κ1) is 15.1. The molecule has 0 aliphatic heterocycles. The molecule has 1 atom stereocenters. The van der Waals surface area contributed by atoms with Crippen molar-refractivity contribution in [2.45, 2.75) is 32.2 Å². The molecule has 0 saturated heterocycles. The molecule has 0 amide bonds. The first-order valence-corrected chi connectivity index (χ1v) is 7.87. The minimum atomic E-state index is -3.27. The van der Waals surface area contributed by atoms with Crippen LogP contribution in [0.15, 0.2) is 30.3 Å². The Morgan fingerprint density at radius 1 is 1.28 bits per heavy atom. The maximum atomic E-state index is 11.9. The van der Waals surface area contributed by atoms with Crippen LogP contribution in [0, 0.1) is 0 Å². The largest absolute Gasteiger partial charge is 0.396 e. The summed E-state index contributed by atoms with van der Waals surface area (Å²) in [5.41, 5.74) is 1.01. The lowest BCUT2D eigenvalue weighted by atomic mass is 10.2. The van der Waals surface area contributed by atoms with E-state index in [1.54, 1.807) is 0 Å². The number of nitrogens with one attached hydrogen (secondary N) is 1. The van der Waals surface area contributed by atoms with Gasteiger partial charge in [-0.25, -0.2) is 13.1 Å². The number of benzene rings is 1. The molecule has 0 aliphatic rings. The van der Waals surface area contributed by atoms with Crippen molar-refractivity contribution in [3.63, 3.8) is 0 Å². The van der Waals surface area contributed by atoms with Gasteiger partial charge in [0.15, 0.2) is 0 Å². The van der Waals surface area contributed by atoms with Crippen molar-refractivity contribution in [1.29, 1.82) is 0 Å². The minimum Gasteiger partial charge on any atom is -0.396 e. The molecule has 1 unspecified atom stereocenters. The topological polar surface area (TPSA) is 66.4 Å². The highest BCUT2D eigenvalue weighted by molar-refractivity contribution is 7.89. The van der Waals surface area contributed by atoms with Crippen LogP contribution in [0.2, 0.25) is 0 Å². The summed E-state index contributed by atoms with van der Waals surface area (Å²) >= 11 is 0. The van der Waals surface area contributed by atoms with Crippen LogP contribution in [0.1, 0.15) is 25.3 Å². The predicted molar refractivity (Wildman–Crippen MR) is 72.9 cm³/mol. The van der Waals surface area contributed by atoms with Crippen LogP contribution >= 0.6 is 0 Å². The van der Waals surface area contributed by atoms with Crippen molar-refractivity contribution in [3.8, 4) is 0 Å². The van der Waals surface area contributed by atoms with E-state index in [4.69, 9.17) is 5.11 Å². The lowest BCUT2D eigenvalue weighted by Crippen LogP contribution is -2.37. The average molecular weight is 271 g/mol. The third-order valence-electron chi connectivity index (χ3n) is 2.82. The molecule has 18 heavy (non-hydrogen) atoms. The Balaban J connectivity index is 2.49. The molecule has 0 radical (unpaired) electrons. The highest BCUT2D eigenvalue weighted by Crippen LogP contribution is 2.04. The Morgan fingerprint density at radius 2 is 1.94 bits per heavy atom. The first-order valence-electron chi connectivity index (χ1n) is 6.22. The van der Waals surface area contributed by atoms with Gasteiger partial charge in [0.2, 0.25) is 10.0 Å². The Hall–Kier alpha value is -0.910. The number of aliphatic hydroxyl groups excluding tert-OH is 1. The summed E-state index contributed by atoms with van der Waals surface area (Å²) in [6.45, 7) is 1.90. The third-order valence-corrected chi connectivity index (χ3v) is 4.25. The molecule has 102 valence electrons. The predicted octanol–water partition coefficient (Wildman–Crippen LogP) is 1.31. The molecule has 0 heterocycles. The van der Waals surface area contributed by atoms with Crippen molar-refractivity contribution < 1.29 is 13.5 Å². The Labute approximate surface area is 109 Å². The van der Waals surface area contributed by atoms with Gasteiger partial charge in [0, 0.05) is 12.6 Å². The molecule has 0 spiro atoms. The number of aryl methyl sites for hydroxylation is 1. The van der Waals surface area contributed by atoms with Crippen molar-refractivity contribution in [2.75, 3.05) is 12.4 Å². The fourth-order valence-corrected chi connectivity index (χ4v) is 3.13. The van der Waals surface area contributed by atoms with Gasteiger partial charge < -0.3 is 5.11 Å². The molecule has 0 aromatic heterocycles. The van der Waals surface area contributed by atoms with Gasteiger partial charge in [0.25, 0.3) is 0 Å². The van der Waals surface area contributed by atoms with Crippen molar-refractivity contribution in [3.05, 3.63) is 35.9 Å². The summed E-state index contributed by atoms with van der Waals surface area (Å²) in [6, 6.07) is 9.37. The van der Waals surface area contributed by atoms with E-state index < -0.39 is 10.0 Å². The van der Waals surface area contributed by atoms with Gasteiger partial charge >= 0.3 is 0 Å². The van der Waals surface area contributed by atoms with Gasteiger partial charge in [-0.1, -0.05) is 37.3 Å². The van der Waals surface area contributed by atoms with Crippen LogP contribution in [0.4, 0.5) is 0 Å². The second kappa shape index (κ2) is 7.51. The fraction of sp³-hybridized carbons (Fsp3) is 0.538. The summed E-state index contributed by atoms with van der Waals surface area (Å²) in [6.07, 6.45) is 1.65. The minimum absolute atomic E-state index is 0.000286. The van der Waals surface area contributed by atoms with Crippen molar-refractivity contribution >= 4 is 10.0 Å². The molecule has 2 N–H and O–H groups in total. The lowest BCUT2D eigenvalue weighted by Gasteiger charge is -2.15. The molecule has 0 bridgehead atoms. The van der Waals surface area contributed by atoms with Gasteiger partial charge in [-0.15, -0.1) is 0 Å². The summed E-state index contributed by atoms with van der Waals surface area (Å²) in [5, 5.41) is 8.84. The van der Waals surface area contributed by atoms with Gasteiger partial charge in [0.1, 0.15) is 0 Å². The molecule has 1 aromatic rings. The summed E-state index contributed by atoms with van der Waals surface area (Å²) in [7, 11) is -3.27. The second-order valence-electron chi connectivity index (χ2n) is 4.29. The maximum Gasteiger partial charge on any atom is 0.212 e. The summed E-state index contributed by atoms with van der Waals surface area (Å²) in [4.78, 5) is 0. The van der Waals surface area contributed by atoms with E-state index in [0.29, 0.717) is 19.3 Å². The summed E-state index contributed by atoms with van der Waals surface area (Å²) < 4.78 is 26.3. The monoisotopic (exact) mass is 271 g/mol. The number of rotatable bonds is 8. The molecule has 0 saturated carbocycles. The molecular formula is C13H21NO3S. The highest BCUT2D eigenvalue weighted by atomic mass is 32.2. The van der Waals surface area contributed by atoms with E-state index in [1.165, 1.54) is 0 Å². The van der Waals surface area contributed by atoms with E-state index in [1.807, 2.05) is 37.3 Å². The zero-order valence-electron chi connectivity index (χ0n) is 10.7. The van der Waals surface area contributed by atoms with Gasteiger partial charge in [-0.3, -0.25) is 0 Å². The molecule has 0 aliphatic carbocycles. The number of aliphatic hydroxyl groups is 1. The maximum absolute atomic E-state index is 11.9. The number of sulfonamides is 1. The van der Waals surface area contributed by atoms with Crippen LogP contribution in [-0.2, 0) is 16.4 Å². The standard InChI is InChI=1S/C13H21NO3S/c1-2-13(8-10-15)14-18(16,17)11-9-12-6-4-3-5-7-12/h3-7,13-15H,2,8-11H2,1H3. The highest BCUT2D eigenvalue weighted by Gasteiger charge is 2.15. The lowest BCUT2D eigenvalue weighted by molar-refractivity contribution is 0.270. The smallest absolute Gasteiger partial charge is 0.212 e. The quantitative estimate of drug-likeness (QED) is 0.749. The van der Waals surface area contributed by atoms with Crippen LogP contribution < -0.4 is 4.72 Å². The Bertz CT molecular complexity index is 431. The second-order valence-corrected chi connectivity index (χ2v) is 6.16. The van der Waals surface area contributed by atoms with Crippen molar-refractivity contribution in [2.24, 2.45) is 0 Å². The Morgan fingerprint density at radius 3 is 2.50 bits per heavy atom. The van der Waals surface area contributed by atoms with Gasteiger partial charge in [-0.05, 0) is 24.8 Å². The normalized spacial score (nSPS) is 13.4. The number of hydrogen-bond acceptors (Lipinski definition) is 3. The zero-order chi connectivity index (χ0) is 13.4. The molecule has 4 nitrogen and oxygen atoms in total. The molecule has 5 heteroatoms. The van der Waals surface area contributed by atoms with Crippen LogP contribution in [0.5, 0.6) is 0 Å². The van der Waals surface area contributed by atoms with Gasteiger partial charge in [0.05, 0.1) is 5.75 Å². The van der Waals surface area contributed by atoms with Gasteiger partial charge in [-0.2, -0.15) is 0 Å². The summed E-state index contributed by atoms with van der Waals surface area (Å²) in [5.74, 6) is 0.0823. The molecule has 1 rings (SSSR count). The van der Waals surface area contributed by atoms with Crippen LogP contribution in [-0.4, -0.2) is 31.9 Å². The van der Waals surface area contributed by atoms with Crippen LogP contribution in [0.25, 0.3) is 0 Å². The van der Waals surface area contributed by atoms with E-state index in [-0.39, 0.29) is 18.4 Å². The van der Waals surface area contributed by atoms with E-state index in [0.717, 1.165) is 5.56 Å². The molecule has 0 fully saturated rings. The fourth-order valence-electron chi connectivity index (χ4n) is 1.71. The zero-order valence-corrected chi connectivity index (χ0v) is 11.5. The number of hydrogen-bond donors (Lipinski definition) is 2. The molecular weight excluding hydrogens is 250 g/mol.